The molecule has 0 spiro atoms. The first-order valence-corrected chi connectivity index (χ1v) is 10.1. The number of hydrogen-bond donors (Lipinski definition) is 0. The second-order valence-electron chi connectivity index (χ2n) is 6.64. The Morgan fingerprint density at radius 2 is 1.54 bits per heavy atom. The van der Waals surface area contributed by atoms with E-state index in [9.17, 15) is 14.4 Å². The minimum atomic E-state index is -0.216. The summed E-state index contributed by atoms with van der Waals surface area (Å²) in [7, 11) is 1.73. The zero-order chi connectivity index (χ0) is 19.7. The highest BCUT2D eigenvalue weighted by Gasteiger charge is 2.34. The van der Waals surface area contributed by atoms with Gasteiger partial charge in [0.05, 0.1) is 22.0 Å². The minimum Gasteiger partial charge on any atom is -0.290 e. The number of thioether (sulfide) groups is 1. The van der Waals surface area contributed by atoms with Crippen LogP contribution >= 0.6 is 11.8 Å². The summed E-state index contributed by atoms with van der Waals surface area (Å²) in [5.74, 6) is 0.320. The highest BCUT2D eigenvalue weighted by atomic mass is 32.2. The molecule has 28 heavy (non-hydrogen) atoms. The minimum absolute atomic E-state index is 0.0564. The Morgan fingerprint density at radius 3 is 2.25 bits per heavy atom. The molecule has 4 rings (SSSR count). The number of carbonyl (C=O) groups excluding carboxylic acids is 2. The Labute approximate surface area is 166 Å². The predicted molar refractivity (Wildman–Crippen MR) is 109 cm³/mol. The van der Waals surface area contributed by atoms with Crippen molar-refractivity contribution in [2.45, 2.75) is 18.0 Å². The van der Waals surface area contributed by atoms with E-state index in [0.29, 0.717) is 40.2 Å². The van der Waals surface area contributed by atoms with E-state index in [4.69, 9.17) is 0 Å². The van der Waals surface area contributed by atoms with Gasteiger partial charge in [-0.15, -0.1) is 0 Å². The maximum absolute atomic E-state index is 12.4. The number of carbonyl (C=O) groups is 2. The van der Waals surface area contributed by atoms with Gasteiger partial charge in [0.1, 0.15) is 0 Å². The number of amides is 2. The number of aromatic nitrogens is 2. The summed E-state index contributed by atoms with van der Waals surface area (Å²) in [5.41, 5.74) is 1.60. The van der Waals surface area contributed by atoms with Gasteiger partial charge in [-0.1, -0.05) is 36.0 Å². The van der Waals surface area contributed by atoms with Crippen molar-refractivity contribution in [3.63, 3.8) is 0 Å². The smallest absolute Gasteiger partial charge is 0.261 e. The lowest BCUT2D eigenvalue weighted by atomic mass is 10.1. The number of para-hydroxylation sites is 1. The molecule has 142 valence electrons. The number of rotatable bonds is 6. The molecule has 1 aliphatic rings. The molecule has 0 aliphatic carbocycles. The first kappa shape index (κ1) is 18.4. The molecule has 0 saturated carbocycles. The maximum atomic E-state index is 12.4. The topological polar surface area (TPSA) is 72.3 Å². The summed E-state index contributed by atoms with van der Waals surface area (Å²) in [5, 5.41) is 1.28. The summed E-state index contributed by atoms with van der Waals surface area (Å²) in [4.78, 5) is 43.0. The van der Waals surface area contributed by atoms with Crippen molar-refractivity contribution in [1.82, 2.24) is 14.5 Å². The quantitative estimate of drug-likeness (QED) is 0.278. The van der Waals surface area contributed by atoms with Crippen LogP contribution in [-0.4, -0.2) is 38.6 Å². The van der Waals surface area contributed by atoms with Crippen LogP contribution in [0, 0.1) is 0 Å². The number of nitrogens with zero attached hydrogens (tertiary/aromatic N) is 3. The largest absolute Gasteiger partial charge is 0.290 e. The highest BCUT2D eigenvalue weighted by molar-refractivity contribution is 7.99. The average Bonchev–Trinajstić information content (AvgIpc) is 2.96. The Morgan fingerprint density at radius 1 is 0.893 bits per heavy atom. The van der Waals surface area contributed by atoms with Gasteiger partial charge in [0, 0.05) is 19.3 Å². The molecule has 3 aromatic rings. The van der Waals surface area contributed by atoms with Crippen molar-refractivity contribution in [1.29, 1.82) is 0 Å². The van der Waals surface area contributed by atoms with Crippen LogP contribution in [0.5, 0.6) is 0 Å². The standard InChI is InChI=1S/C21H19N3O3S/c1-23-18(25)16-10-4-5-11-17(16)22-21(23)28-13-7-6-12-24-19(26)14-8-2-3-9-15(14)20(24)27/h2-5,8-11H,6-7,12-13H2,1H3. The first-order valence-electron chi connectivity index (χ1n) is 9.11. The lowest BCUT2D eigenvalue weighted by Crippen LogP contribution is -2.30. The van der Waals surface area contributed by atoms with E-state index in [1.807, 2.05) is 18.2 Å². The normalized spacial score (nSPS) is 13.4. The van der Waals surface area contributed by atoms with Gasteiger partial charge in [-0.25, -0.2) is 4.98 Å². The van der Waals surface area contributed by atoms with Crippen LogP contribution in [0.1, 0.15) is 33.6 Å². The van der Waals surface area contributed by atoms with Gasteiger partial charge in [-0.3, -0.25) is 23.9 Å². The molecule has 2 heterocycles. The second kappa shape index (κ2) is 7.59. The van der Waals surface area contributed by atoms with Crippen LogP contribution in [0.2, 0.25) is 0 Å². The van der Waals surface area contributed by atoms with Crippen LogP contribution in [0.4, 0.5) is 0 Å². The molecular formula is C21H19N3O3S. The van der Waals surface area contributed by atoms with Crippen LogP contribution in [0.3, 0.4) is 0 Å². The van der Waals surface area contributed by atoms with Crippen LogP contribution < -0.4 is 5.56 Å². The van der Waals surface area contributed by atoms with Gasteiger partial charge in [0.2, 0.25) is 0 Å². The Hall–Kier alpha value is -2.93. The van der Waals surface area contributed by atoms with Crippen LogP contribution in [-0.2, 0) is 7.05 Å². The molecule has 1 aliphatic heterocycles. The fourth-order valence-corrected chi connectivity index (χ4v) is 4.27. The third-order valence-electron chi connectivity index (χ3n) is 4.83. The third-order valence-corrected chi connectivity index (χ3v) is 5.94. The molecule has 0 radical (unpaired) electrons. The van der Waals surface area contributed by atoms with Gasteiger partial charge < -0.3 is 0 Å². The van der Waals surface area contributed by atoms with E-state index < -0.39 is 0 Å². The monoisotopic (exact) mass is 393 g/mol. The van der Waals surface area contributed by atoms with Crippen molar-refractivity contribution in [3.05, 3.63) is 70.0 Å². The van der Waals surface area contributed by atoms with Gasteiger partial charge in [0.15, 0.2) is 5.16 Å². The third kappa shape index (κ3) is 3.22. The van der Waals surface area contributed by atoms with E-state index in [0.717, 1.165) is 12.2 Å². The number of benzene rings is 2. The molecule has 0 fully saturated rings. The van der Waals surface area contributed by atoms with E-state index >= 15 is 0 Å². The Kier molecular flexibility index (Phi) is 5.00. The summed E-state index contributed by atoms with van der Waals surface area (Å²) < 4.78 is 1.57. The molecule has 0 N–H and O–H groups in total. The second-order valence-corrected chi connectivity index (χ2v) is 7.70. The van der Waals surface area contributed by atoms with E-state index in [2.05, 4.69) is 4.98 Å². The van der Waals surface area contributed by atoms with Crippen molar-refractivity contribution < 1.29 is 9.59 Å². The van der Waals surface area contributed by atoms with Gasteiger partial charge in [0.25, 0.3) is 17.4 Å². The first-order chi connectivity index (χ1) is 13.6. The van der Waals surface area contributed by atoms with Crippen LogP contribution in [0.25, 0.3) is 10.9 Å². The summed E-state index contributed by atoms with van der Waals surface area (Å²) in [6.45, 7) is 0.400. The van der Waals surface area contributed by atoms with Gasteiger partial charge >= 0.3 is 0 Å². The molecule has 0 atom stereocenters. The zero-order valence-corrected chi connectivity index (χ0v) is 16.2. The Balaban J connectivity index is 1.34. The molecule has 7 heteroatoms. The van der Waals surface area contributed by atoms with Crippen molar-refractivity contribution >= 4 is 34.5 Å². The number of unbranched alkanes of at least 4 members (excludes halogenated alkanes) is 1. The van der Waals surface area contributed by atoms with Gasteiger partial charge in [-0.2, -0.15) is 0 Å². The fraction of sp³-hybridized carbons (Fsp3) is 0.238. The van der Waals surface area contributed by atoms with E-state index in [1.165, 1.54) is 16.7 Å². The van der Waals surface area contributed by atoms with E-state index in [1.54, 1.807) is 41.9 Å². The molecule has 0 bridgehead atoms. The summed E-state index contributed by atoms with van der Waals surface area (Å²) >= 11 is 1.51. The van der Waals surface area contributed by atoms with E-state index in [-0.39, 0.29) is 17.4 Å². The predicted octanol–water partition coefficient (Wildman–Crippen LogP) is 3.10. The van der Waals surface area contributed by atoms with Crippen LogP contribution in [0.15, 0.2) is 58.5 Å². The molecule has 2 amide bonds. The molecule has 6 nitrogen and oxygen atoms in total. The highest BCUT2D eigenvalue weighted by Crippen LogP contribution is 2.23. The van der Waals surface area contributed by atoms with Gasteiger partial charge in [-0.05, 0) is 37.1 Å². The zero-order valence-electron chi connectivity index (χ0n) is 15.4. The lowest BCUT2D eigenvalue weighted by molar-refractivity contribution is 0.0652. The summed E-state index contributed by atoms with van der Waals surface area (Å²) in [6.07, 6.45) is 1.51. The Bertz CT molecular complexity index is 1100. The number of fused-ring (bicyclic) bond motifs is 2. The molecule has 0 saturated heterocycles. The fourth-order valence-electron chi connectivity index (χ4n) is 3.30. The number of imide groups is 1. The summed E-state index contributed by atoms with van der Waals surface area (Å²) in [6, 6.07) is 14.2. The SMILES string of the molecule is Cn1c(SCCCCN2C(=O)c3ccccc3C2=O)nc2ccccc2c1=O. The molecule has 0 unspecified atom stereocenters. The number of hydrogen-bond acceptors (Lipinski definition) is 5. The molecular weight excluding hydrogens is 374 g/mol. The van der Waals surface area contributed by atoms with Crippen molar-refractivity contribution in [2.75, 3.05) is 12.3 Å². The lowest BCUT2D eigenvalue weighted by Gasteiger charge is -2.13. The average molecular weight is 393 g/mol. The van der Waals surface area contributed by atoms with Crippen molar-refractivity contribution in [3.8, 4) is 0 Å². The molecule has 1 aromatic heterocycles. The molecule has 2 aromatic carbocycles. The van der Waals surface area contributed by atoms with Crippen molar-refractivity contribution in [2.24, 2.45) is 7.05 Å². The maximum Gasteiger partial charge on any atom is 0.261 e.